The highest BCUT2D eigenvalue weighted by atomic mass is 32.2. The SMILES string of the molecule is C#CCOS(=O)(=O)CCOCCOP(C)(=O)OC. The van der Waals surface area contributed by atoms with Crippen LogP contribution in [-0.2, 0) is 32.7 Å². The second kappa shape index (κ2) is 8.64. The molecule has 7 nitrogen and oxygen atoms in total. The minimum atomic E-state index is -3.65. The molecule has 0 aliphatic heterocycles. The van der Waals surface area contributed by atoms with Gasteiger partial charge in [-0.2, -0.15) is 8.42 Å². The van der Waals surface area contributed by atoms with Crippen molar-refractivity contribution in [3.05, 3.63) is 0 Å². The second-order valence-electron chi connectivity index (χ2n) is 3.13. The summed E-state index contributed by atoms with van der Waals surface area (Å²) in [6.07, 6.45) is 4.86. The number of hydrogen-bond acceptors (Lipinski definition) is 7. The minimum Gasteiger partial charge on any atom is -0.378 e. The summed E-state index contributed by atoms with van der Waals surface area (Å²) in [7, 11) is -5.39. The highest BCUT2D eigenvalue weighted by Gasteiger charge is 2.14. The molecule has 0 spiro atoms. The average Bonchev–Trinajstić information content (AvgIpc) is 2.31. The van der Waals surface area contributed by atoms with Gasteiger partial charge in [-0.15, -0.1) is 6.42 Å². The molecule has 0 amide bonds. The molecule has 0 saturated carbocycles. The van der Waals surface area contributed by atoms with Gasteiger partial charge < -0.3 is 13.8 Å². The number of ether oxygens (including phenoxy) is 1. The van der Waals surface area contributed by atoms with Crippen molar-refractivity contribution in [1.82, 2.24) is 0 Å². The first-order valence-corrected chi connectivity index (χ1v) is 8.56. The monoisotopic (exact) mass is 300 g/mol. The maximum Gasteiger partial charge on any atom is 0.327 e. The van der Waals surface area contributed by atoms with E-state index in [1.165, 1.54) is 13.8 Å². The van der Waals surface area contributed by atoms with Gasteiger partial charge in [0.2, 0.25) is 0 Å². The lowest BCUT2D eigenvalue weighted by atomic mass is 10.7. The molecule has 9 heteroatoms. The Hall–Kier alpha value is -0.420. The molecule has 0 aromatic carbocycles. The molecular formula is C9H17O7PS. The highest BCUT2D eigenvalue weighted by molar-refractivity contribution is 7.86. The van der Waals surface area contributed by atoms with Crippen molar-refractivity contribution >= 4 is 17.7 Å². The maximum atomic E-state index is 11.3. The summed E-state index contributed by atoms with van der Waals surface area (Å²) in [5.41, 5.74) is 0. The third-order valence-corrected chi connectivity index (χ3v) is 4.14. The van der Waals surface area contributed by atoms with Gasteiger partial charge in [0.25, 0.3) is 10.1 Å². The molecule has 1 atom stereocenters. The van der Waals surface area contributed by atoms with Crippen molar-refractivity contribution in [2.75, 3.05) is 46.0 Å². The van der Waals surface area contributed by atoms with Crippen LogP contribution >= 0.6 is 7.60 Å². The van der Waals surface area contributed by atoms with Crippen LogP contribution in [0.5, 0.6) is 0 Å². The number of rotatable bonds is 10. The zero-order chi connectivity index (χ0) is 14.1. The number of hydrogen-bond donors (Lipinski definition) is 0. The van der Waals surface area contributed by atoms with Gasteiger partial charge in [0.05, 0.1) is 25.6 Å². The van der Waals surface area contributed by atoms with Crippen molar-refractivity contribution < 1.29 is 31.0 Å². The van der Waals surface area contributed by atoms with Gasteiger partial charge in [0.15, 0.2) is 0 Å². The normalized spacial score (nSPS) is 14.9. The summed E-state index contributed by atoms with van der Waals surface area (Å²) in [5, 5.41) is 0. The predicted octanol–water partition coefficient (Wildman–Crippen LogP) is 0.468. The Morgan fingerprint density at radius 1 is 1.28 bits per heavy atom. The zero-order valence-corrected chi connectivity index (χ0v) is 12.0. The lowest BCUT2D eigenvalue weighted by Crippen LogP contribution is -2.16. The Kier molecular flexibility index (Phi) is 8.44. The van der Waals surface area contributed by atoms with Crippen molar-refractivity contribution in [3.8, 4) is 12.3 Å². The fourth-order valence-corrected chi connectivity index (χ4v) is 1.96. The Morgan fingerprint density at radius 3 is 2.50 bits per heavy atom. The third-order valence-electron chi connectivity index (χ3n) is 1.68. The molecule has 0 aliphatic carbocycles. The lowest BCUT2D eigenvalue weighted by molar-refractivity contribution is 0.103. The molecule has 0 fully saturated rings. The molecule has 0 aromatic rings. The molecule has 0 aromatic heterocycles. The van der Waals surface area contributed by atoms with Gasteiger partial charge in [-0.3, -0.25) is 8.75 Å². The first-order valence-electron chi connectivity index (χ1n) is 4.99. The molecule has 0 N–H and O–H groups in total. The summed E-state index contributed by atoms with van der Waals surface area (Å²) >= 11 is 0. The Bertz CT molecular complexity index is 411. The standard InChI is InChI=1S/C9H17O7PS/c1-4-5-16-18(11,12)9-8-14-6-7-15-17(3,10)13-2/h1H,5-9H2,2-3H3. The van der Waals surface area contributed by atoms with Crippen LogP contribution in [0.25, 0.3) is 0 Å². The quantitative estimate of drug-likeness (QED) is 0.251. The molecule has 106 valence electrons. The van der Waals surface area contributed by atoms with Gasteiger partial charge in [0.1, 0.15) is 6.61 Å². The Balaban J connectivity index is 3.64. The van der Waals surface area contributed by atoms with E-state index in [2.05, 4.69) is 14.6 Å². The largest absolute Gasteiger partial charge is 0.378 e. The molecule has 1 unspecified atom stereocenters. The summed E-state index contributed by atoms with van der Waals surface area (Å²) in [6, 6.07) is 0. The van der Waals surface area contributed by atoms with Gasteiger partial charge in [0, 0.05) is 13.8 Å². The molecule has 0 heterocycles. The van der Waals surface area contributed by atoms with Crippen molar-refractivity contribution in [3.63, 3.8) is 0 Å². The summed E-state index contributed by atoms with van der Waals surface area (Å²) in [6.45, 7) is 1.12. The minimum absolute atomic E-state index is 0.0485. The Morgan fingerprint density at radius 2 is 1.94 bits per heavy atom. The van der Waals surface area contributed by atoms with Crippen LogP contribution in [0, 0.1) is 12.3 Å². The maximum absolute atomic E-state index is 11.3. The van der Waals surface area contributed by atoms with E-state index in [1.807, 2.05) is 0 Å². The summed E-state index contributed by atoms with van der Waals surface area (Å²) < 4.78 is 52.4. The van der Waals surface area contributed by atoms with Crippen LogP contribution < -0.4 is 0 Å². The topological polar surface area (TPSA) is 88.1 Å². The fraction of sp³-hybridized carbons (Fsp3) is 0.778. The van der Waals surface area contributed by atoms with E-state index < -0.39 is 17.7 Å². The van der Waals surface area contributed by atoms with Gasteiger partial charge >= 0.3 is 7.60 Å². The van der Waals surface area contributed by atoms with E-state index in [4.69, 9.17) is 15.7 Å². The van der Waals surface area contributed by atoms with E-state index >= 15 is 0 Å². The fourth-order valence-electron chi connectivity index (χ4n) is 0.760. The first kappa shape index (κ1) is 17.6. The van der Waals surface area contributed by atoms with E-state index in [0.29, 0.717) is 0 Å². The summed E-state index contributed by atoms with van der Waals surface area (Å²) in [5.74, 6) is 1.75. The summed E-state index contributed by atoms with van der Waals surface area (Å²) in [4.78, 5) is 0. The second-order valence-corrected chi connectivity index (χ2v) is 7.05. The Labute approximate surface area is 107 Å². The van der Waals surface area contributed by atoms with E-state index in [-0.39, 0.29) is 32.2 Å². The van der Waals surface area contributed by atoms with Crippen LogP contribution in [0.3, 0.4) is 0 Å². The van der Waals surface area contributed by atoms with E-state index in [1.54, 1.807) is 0 Å². The van der Waals surface area contributed by atoms with Crippen LogP contribution in [0.15, 0.2) is 0 Å². The third kappa shape index (κ3) is 9.59. The molecular weight excluding hydrogens is 283 g/mol. The van der Waals surface area contributed by atoms with Gasteiger partial charge in [-0.1, -0.05) is 5.92 Å². The van der Waals surface area contributed by atoms with E-state index in [9.17, 15) is 13.0 Å². The van der Waals surface area contributed by atoms with E-state index in [0.717, 1.165) is 0 Å². The lowest BCUT2D eigenvalue weighted by Gasteiger charge is -2.11. The molecule has 0 bridgehead atoms. The van der Waals surface area contributed by atoms with Crippen molar-refractivity contribution in [2.24, 2.45) is 0 Å². The van der Waals surface area contributed by atoms with Gasteiger partial charge in [-0.25, -0.2) is 0 Å². The van der Waals surface area contributed by atoms with Crippen LogP contribution in [0.1, 0.15) is 0 Å². The van der Waals surface area contributed by atoms with Crippen molar-refractivity contribution in [1.29, 1.82) is 0 Å². The smallest absolute Gasteiger partial charge is 0.327 e. The highest BCUT2D eigenvalue weighted by Crippen LogP contribution is 2.42. The van der Waals surface area contributed by atoms with Gasteiger partial charge in [-0.05, 0) is 0 Å². The molecule has 0 saturated heterocycles. The van der Waals surface area contributed by atoms with Crippen molar-refractivity contribution in [2.45, 2.75) is 0 Å². The average molecular weight is 300 g/mol. The zero-order valence-electron chi connectivity index (χ0n) is 10.3. The number of terminal acetylenes is 1. The molecule has 0 aliphatic rings. The van der Waals surface area contributed by atoms with Crippen LogP contribution in [0.4, 0.5) is 0 Å². The molecule has 0 radical (unpaired) electrons. The predicted molar refractivity (Wildman–Crippen MR) is 65.9 cm³/mol. The molecule has 0 rings (SSSR count). The first-order chi connectivity index (χ1) is 8.33. The van der Waals surface area contributed by atoms with Crippen LogP contribution in [-0.4, -0.2) is 54.4 Å². The van der Waals surface area contributed by atoms with Crippen LogP contribution in [0.2, 0.25) is 0 Å². The molecule has 18 heavy (non-hydrogen) atoms.